The van der Waals surface area contributed by atoms with Gasteiger partial charge in [0, 0.05) is 22.9 Å². The van der Waals surface area contributed by atoms with Gasteiger partial charge >= 0.3 is 0 Å². The number of pyridine rings is 1. The molecule has 1 aliphatic rings. The molecule has 5 nitrogen and oxygen atoms in total. The van der Waals surface area contributed by atoms with Gasteiger partial charge in [0.1, 0.15) is 15.9 Å². The Bertz CT molecular complexity index is 1190. The first-order chi connectivity index (χ1) is 13.6. The van der Waals surface area contributed by atoms with E-state index < -0.39 is 0 Å². The van der Waals surface area contributed by atoms with Crippen LogP contribution in [0.3, 0.4) is 0 Å². The lowest BCUT2D eigenvalue weighted by Crippen LogP contribution is -2.32. The molecule has 142 valence electrons. The standard InChI is InChI=1S/C22H21N3O2S/c1-4-26-20-19-18(23-12-24-20)16-14-10-22(2,3)27-11-15(14)17(25-21(16)28-19)13-8-6-5-7-9-13/h5-9,12H,4,10-11H2,1-3H3. The summed E-state index contributed by atoms with van der Waals surface area (Å²) in [5, 5.41) is 1.12. The predicted octanol–water partition coefficient (Wildman–Crippen LogP) is 5.16. The summed E-state index contributed by atoms with van der Waals surface area (Å²) in [7, 11) is 0. The molecule has 0 unspecified atom stereocenters. The first kappa shape index (κ1) is 17.5. The molecule has 5 rings (SSSR count). The Balaban J connectivity index is 1.87. The zero-order chi connectivity index (χ0) is 19.3. The molecule has 0 bridgehead atoms. The van der Waals surface area contributed by atoms with Crippen molar-refractivity contribution < 1.29 is 9.47 Å². The Labute approximate surface area is 167 Å². The fourth-order valence-corrected chi connectivity index (χ4v) is 4.96. The van der Waals surface area contributed by atoms with Crippen molar-refractivity contribution in [2.45, 2.75) is 39.4 Å². The van der Waals surface area contributed by atoms with E-state index in [1.54, 1.807) is 17.7 Å². The minimum Gasteiger partial charge on any atom is -0.477 e. The SMILES string of the molecule is CCOc1ncnc2c1sc1nc(-c3ccccc3)c3c(c12)CC(C)(C)OC3. The maximum Gasteiger partial charge on any atom is 0.234 e. The topological polar surface area (TPSA) is 57.1 Å². The minimum absolute atomic E-state index is 0.223. The van der Waals surface area contributed by atoms with Gasteiger partial charge in [0.15, 0.2) is 0 Å². The molecule has 1 aromatic carbocycles. The van der Waals surface area contributed by atoms with Crippen LogP contribution < -0.4 is 4.74 Å². The summed E-state index contributed by atoms with van der Waals surface area (Å²) in [4.78, 5) is 15.0. The number of benzene rings is 1. The predicted molar refractivity (Wildman–Crippen MR) is 112 cm³/mol. The van der Waals surface area contributed by atoms with Gasteiger partial charge in [0.05, 0.1) is 30.0 Å². The van der Waals surface area contributed by atoms with Crippen molar-refractivity contribution in [1.82, 2.24) is 15.0 Å². The molecule has 0 saturated carbocycles. The Morgan fingerprint density at radius 3 is 2.75 bits per heavy atom. The van der Waals surface area contributed by atoms with Crippen molar-refractivity contribution in [3.63, 3.8) is 0 Å². The Morgan fingerprint density at radius 1 is 1.14 bits per heavy atom. The van der Waals surface area contributed by atoms with Crippen LogP contribution >= 0.6 is 11.3 Å². The van der Waals surface area contributed by atoms with E-state index in [1.165, 1.54) is 5.56 Å². The normalized spacial score (nSPS) is 15.7. The molecule has 0 radical (unpaired) electrons. The highest BCUT2D eigenvalue weighted by molar-refractivity contribution is 7.25. The van der Waals surface area contributed by atoms with E-state index in [0.29, 0.717) is 19.1 Å². The zero-order valence-corrected chi connectivity index (χ0v) is 17.0. The second-order valence-corrected chi connectivity index (χ2v) is 8.58. The third kappa shape index (κ3) is 2.75. The third-order valence-corrected chi connectivity index (χ3v) is 6.18. The number of hydrogen-bond acceptors (Lipinski definition) is 6. The molecule has 4 heterocycles. The smallest absolute Gasteiger partial charge is 0.234 e. The van der Waals surface area contributed by atoms with E-state index in [1.807, 2.05) is 25.1 Å². The van der Waals surface area contributed by atoms with Crippen molar-refractivity contribution in [3.05, 3.63) is 47.8 Å². The lowest BCUT2D eigenvalue weighted by molar-refractivity contribution is -0.0394. The summed E-state index contributed by atoms with van der Waals surface area (Å²) in [5.74, 6) is 0.636. The highest BCUT2D eigenvalue weighted by atomic mass is 32.1. The van der Waals surface area contributed by atoms with Gasteiger partial charge < -0.3 is 9.47 Å². The van der Waals surface area contributed by atoms with Crippen LogP contribution in [0.4, 0.5) is 0 Å². The molecule has 0 saturated heterocycles. The quantitative estimate of drug-likeness (QED) is 0.483. The number of rotatable bonds is 3. The average Bonchev–Trinajstić information content (AvgIpc) is 3.07. The highest BCUT2D eigenvalue weighted by Gasteiger charge is 2.32. The zero-order valence-electron chi connectivity index (χ0n) is 16.2. The maximum absolute atomic E-state index is 6.16. The molecule has 6 heteroatoms. The number of aromatic nitrogens is 3. The summed E-state index contributed by atoms with van der Waals surface area (Å²) < 4.78 is 12.9. The molecule has 28 heavy (non-hydrogen) atoms. The molecule has 3 aromatic heterocycles. The molecule has 0 N–H and O–H groups in total. The first-order valence-corrected chi connectivity index (χ1v) is 10.3. The third-order valence-electron chi connectivity index (χ3n) is 5.12. The largest absolute Gasteiger partial charge is 0.477 e. The van der Waals surface area contributed by atoms with Crippen LogP contribution in [-0.4, -0.2) is 27.2 Å². The Hall–Kier alpha value is -2.57. The molecule has 0 atom stereocenters. The molecule has 0 aliphatic carbocycles. The van der Waals surface area contributed by atoms with Gasteiger partial charge in [-0.1, -0.05) is 30.3 Å². The summed E-state index contributed by atoms with van der Waals surface area (Å²) in [6.45, 7) is 7.37. The lowest BCUT2D eigenvalue weighted by Gasteiger charge is -2.33. The summed E-state index contributed by atoms with van der Waals surface area (Å²) in [6.07, 6.45) is 2.41. The van der Waals surface area contributed by atoms with Crippen molar-refractivity contribution in [2.24, 2.45) is 0 Å². The van der Waals surface area contributed by atoms with E-state index >= 15 is 0 Å². The van der Waals surface area contributed by atoms with Gasteiger partial charge in [-0.2, -0.15) is 0 Å². The van der Waals surface area contributed by atoms with Gasteiger partial charge in [-0.3, -0.25) is 0 Å². The van der Waals surface area contributed by atoms with Crippen molar-refractivity contribution >= 4 is 31.8 Å². The molecule has 0 spiro atoms. The summed E-state index contributed by atoms with van der Waals surface area (Å²) in [6, 6.07) is 10.3. The summed E-state index contributed by atoms with van der Waals surface area (Å²) in [5.41, 5.74) is 5.26. The monoisotopic (exact) mass is 391 g/mol. The molecule has 0 amide bonds. The maximum atomic E-state index is 6.16. The molecule has 4 aromatic rings. The van der Waals surface area contributed by atoms with E-state index in [2.05, 4.69) is 35.9 Å². The molecule has 0 fully saturated rings. The van der Waals surface area contributed by atoms with Gasteiger partial charge in [0.2, 0.25) is 5.88 Å². The van der Waals surface area contributed by atoms with E-state index in [0.717, 1.165) is 43.7 Å². The van der Waals surface area contributed by atoms with Crippen LogP contribution in [-0.2, 0) is 17.8 Å². The Kier molecular flexibility index (Phi) is 4.07. The molecular weight excluding hydrogens is 370 g/mol. The van der Waals surface area contributed by atoms with Crippen LogP contribution in [0.2, 0.25) is 0 Å². The summed E-state index contributed by atoms with van der Waals surface area (Å²) >= 11 is 1.61. The van der Waals surface area contributed by atoms with E-state index in [-0.39, 0.29) is 5.60 Å². The second kappa shape index (κ2) is 6.50. The minimum atomic E-state index is -0.223. The Morgan fingerprint density at radius 2 is 1.96 bits per heavy atom. The van der Waals surface area contributed by atoms with Crippen molar-refractivity contribution in [3.8, 4) is 17.1 Å². The first-order valence-electron chi connectivity index (χ1n) is 9.48. The number of nitrogens with zero attached hydrogens (tertiary/aromatic N) is 3. The van der Waals surface area contributed by atoms with Crippen LogP contribution in [0, 0.1) is 0 Å². The number of thiophene rings is 1. The fraction of sp³-hybridized carbons (Fsp3) is 0.318. The van der Waals surface area contributed by atoms with Gasteiger partial charge in [0.25, 0.3) is 0 Å². The molecular formula is C22H21N3O2S. The van der Waals surface area contributed by atoms with Crippen LogP contribution in [0.1, 0.15) is 31.9 Å². The van der Waals surface area contributed by atoms with Crippen molar-refractivity contribution in [1.29, 1.82) is 0 Å². The van der Waals surface area contributed by atoms with Gasteiger partial charge in [-0.25, -0.2) is 15.0 Å². The number of ether oxygens (including phenoxy) is 2. The molecule has 1 aliphatic heterocycles. The average molecular weight is 391 g/mol. The van der Waals surface area contributed by atoms with Crippen LogP contribution in [0.25, 0.3) is 31.7 Å². The fourth-order valence-electron chi connectivity index (χ4n) is 3.86. The number of fused-ring (bicyclic) bond motifs is 5. The van der Waals surface area contributed by atoms with Crippen LogP contribution in [0.15, 0.2) is 36.7 Å². The van der Waals surface area contributed by atoms with Crippen molar-refractivity contribution in [2.75, 3.05) is 6.61 Å². The highest BCUT2D eigenvalue weighted by Crippen LogP contribution is 2.44. The number of hydrogen-bond donors (Lipinski definition) is 0. The van der Waals surface area contributed by atoms with Gasteiger partial charge in [-0.15, -0.1) is 11.3 Å². The van der Waals surface area contributed by atoms with Crippen LogP contribution in [0.5, 0.6) is 5.88 Å². The van der Waals surface area contributed by atoms with Gasteiger partial charge in [-0.05, 0) is 26.3 Å². The second-order valence-electron chi connectivity index (χ2n) is 7.58. The van der Waals surface area contributed by atoms with E-state index in [4.69, 9.17) is 14.5 Å². The van der Waals surface area contributed by atoms with E-state index in [9.17, 15) is 0 Å². The lowest BCUT2D eigenvalue weighted by atomic mass is 9.88.